The van der Waals surface area contributed by atoms with Crippen molar-refractivity contribution in [2.24, 2.45) is 0 Å². The number of rotatable bonds is 7. The first kappa shape index (κ1) is 15.5. The molecule has 0 saturated carbocycles. The van der Waals surface area contributed by atoms with Crippen LogP contribution in [0.15, 0.2) is 18.2 Å². The van der Waals surface area contributed by atoms with E-state index in [9.17, 15) is 4.39 Å². The molecule has 0 heterocycles. The van der Waals surface area contributed by atoms with Gasteiger partial charge in [0.05, 0.1) is 0 Å². The van der Waals surface area contributed by atoms with Crippen molar-refractivity contribution in [2.75, 3.05) is 20.1 Å². The van der Waals surface area contributed by atoms with Crippen LogP contribution in [0.2, 0.25) is 0 Å². The predicted molar refractivity (Wildman–Crippen MR) is 82.5 cm³/mol. The van der Waals surface area contributed by atoms with Gasteiger partial charge in [-0.1, -0.05) is 6.07 Å². The quantitative estimate of drug-likeness (QED) is 0.768. The van der Waals surface area contributed by atoms with Crippen LogP contribution < -0.4 is 5.32 Å². The Morgan fingerprint density at radius 3 is 2.90 bits per heavy atom. The maximum Gasteiger partial charge on any atom is 0.123 e. The minimum absolute atomic E-state index is 0.110. The number of benzene rings is 1. The van der Waals surface area contributed by atoms with Crippen LogP contribution in [0.1, 0.15) is 50.3 Å². The van der Waals surface area contributed by atoms with Crippen molar-refractivity contribution in [2.45, 2.75) is 51.6 Å². The van der Waals surface area contributed by atoms with Gasteiger partial charge in [0.25, 0.3) is 0 Å². The van der Waals surface area contributed by atoms with Crippen LogP contribution in [-0.4, -0.2) is 31.1 Å². The van der Waals surface area contributed by atoms with E-state index < -0.39 is 0 Å². The fourth-order valence-corrected chi connectivity index (χ4v) is 2.82. The van der Waals surface area contributed by atoms with Crippen LogP contribution in [0.5, 0.6) is 0 Å². The molecular weight excluding hydrogens is 251 g/mol. The Labute approximate surface area is 122 Å². The molecule has 0 radical (unpaired) electrons. The Morgan fingerprint density at radius 1 is 1.35 bits per heavy atom. The summed E-state index contributed by atoms with van der Waals surface area (Å²) in [6, 6.07) is 6.26. The fourth-order valence-electron chi connectivity index (χ4n) is 2.82. The fraction of sp³-hybridized carbons (Fsp3) is 0.647. The number of unbranched alkanes of at least 4 members (excludes halogenated alkanes) is 1. The Bertz CT molecular complexity index is 431. The number of fused-ring (bicyclic) bond motifs is 1. The average molecular weight is 278 g/mol. The normalized spacial score (nSPS) is 18.0. The molecule has 0 fully saturated rings. The van der Waals surface area contributed by atoms with Crippen molar-refractivity contribution in [1.82, 2.24) is 10.2 Å². The topological polar surface area (TPSA) is 15.3 Å². The first-order chi connectivity index (χ1) is 9.58. The van der Waals surface area contributed by atoms with Crippen molar-refractivity contribution >= 4 is 0 Å². The summed E-state index contributed by atoms with van der Waals surface area (Å²) in [6.07, 6.45) is 4.53. The molecule has 1 aromatic carbocycles. The molecule has 0 aliphatic heterocycles. The van der Waals surface area contributed by atoms with E-state index in [1.54, 1.807) is 12.1 Å². The van der Waals surface area contributed by atoms with E-state index in [-0.39, 0.29) is 5.82 Å². The summed E-state index contributed by atoms with van der Waals surface area (Å²) in [4.78, 5) is 2.38. The largest absolute Gasteiger partial charge is 0.310 e. The van der Waals surface area contributed by atoms with E-state index in [2.05, 4.69) is 31.1 Å². The molecule has 0 aromatic heterocycles. The zero-order valence-corrected chi connectivity index (χ0v) is 13.0. The highest BCUT2D eigenvalue weighted by Gasteiger charge is 2.21. The lowest BCUT2D eigenvalue weighted by Crippen LogP contribution is -2.28. The summed E-state index contributed by atoms with van der Waals surface area (Å²) < 4.78 is 13.2. The second-order valence-electron chi connectivity index (χ2n) is 6.17. The Morgan fingerprint density at radius 2 is 2.15 bits per heavy atom. The predicted octanol–water partition coefficient (Wildman–Crippen LogP) is 3.52. The van der Waals surface area contributed by atoms with Gasteiger partial charge in [-0.3, -0.25) is 0 Å². The third-order valence-corrected chi connectivity index (χ3v) is 4.39. The molecule has 0 saturated heterocycles. The molecule has 112 valence electrons. The van der Waals surface area contributed by atoms with Gasteiger partial charge in [-0.25, -0.2) is 4.39 Å². The van der Waals surface area contributed by atoms with Crippen LogP contribution >= 0.6 is 0 Å². The molecule has 1 atom stereocenters. The lowest BCUT2D eigenvalue weighted by molar-refractivity contribution is 0.267. The van der Waals surface area contributed by atoms with Crippen LogP contribution in [0.25, 0.3) is 0 Å². The molecule has 2 nitrogen and oxygen atoms in total. The number of nitrogens with zero attached hydrogens (tertiary/aromatic N) is 1. The number of hydrogen-bond acceptors (Lipinski definition) is 2. The highest BCUT2D eigenvalue weighted by molar-refractivity contribution is 5.34. The second-order valence-corrected chi connectivity index (χ2v) is 6.17. The number of nitrogens with one attached hydrogen (secondary N) is 1. The van der Waals surface area contributed by atoms with Crippen molar-refractivity contribution in [3.63, 3.8) is 0 Å². The van der Waals surface area contributed by atoms with Crippen LogP contribution in [0.3, 0.4) is 0 Å². The van der Waals surface area contributed by atoms with E-state index in [4.69, 9.17) is 0 Å². The lowest BCUT2D eigenvalue weighted by atomic mass is 10.1. The summed E-state index contributed by atoms with van der Waals surface area (Å²) in [7, 11) is 2.18. The second kappa shape index (κ2) is 7.19. The standard InChI is InChI=1S/C17H27FN2/c1-13(2)20(3)11-5-4-10-19-17-9-6-14-12-15(18)7-8-16(14)17/h7-8,12-13,17,19H,4-6,9-11H2,1-3H3. The van der Waals surface area contributed by atoms with E-state index in [1.165, 1.54) is 24.0 Å². The van der Waals surface area contributed by atoms with Crippen LogP contribution in [0, 0.1) is 5.82 Å². The summed E-state index contributed by atoms with van der Waals surface area (Å²) in [5.41, 5.74) is 2.48. The zero-order valence-electron chi connectivity index (χ0n) is 13.0. The van der Waals surface area contributed by atoms with Crippen LogP contribution in [-0.2, 0) is 6.42 Å². The van der Waals surface area contributed by atoms with E-state index in [0.717, 1.165) is 25.9 Å². The molecule has 1 aliphatic rings. The van der Waals surface area contributed by atoms with Gasteiger partial charge in [-0.05, 0) is 82.9 Å². The molecule has 0 spiro atoms. The number of hydrogen-bond donors (Lipinski definition) is 1. The molecule has 2 rings (SSSR count). The minimum atomic E-state index is -0.110. The number of aryl methyl sites for hydroxylation is 1. The van der Waals surface area contributed by atoms with Crippen molar-refractivity contribution in [3.8, 4) is 0 Å². The van der Waals surface area contributed by atoms with Gasteiger partial charge in [-0.2, -0.15) is 0 Å². The Balaban J connectivity index is 1.69. The summed E-state index contributed by atoms with van der Waals surface area (Å²) in [5.74, 6) is -0.110. The molecule has 1 unspecified atom stereocenters. The van der Waals surface area contributed by atoms with E-state index >= 15 is 0 Å². The Kier molecular flexibility index (Phi) is 5.55. The third kappa shape index (κ3) is 4.03. The van der Waals surface area contributed by atoms with Gasteiger partial charge in [0, 0.05) is 12.1 Å². The van der Waals surface area contributed by atoms with Gasteiger partial charge < -0.3 is 10.2 Å². The van der Waals surface area contributed by atoms with Gasteiger partial charge in [0.15, 0.2) is 0 Å². The SMILES string of the molecule is CC(C)N(C)CCCCNC1CCc2cc(F)ccc21. The minimum Gasteiger partial charge on any atom is -0.310 e. The molecule has 1 N–H and O–H groups in total. The van der Waals surface area contributed by atoms with Crippen molar-refractivity contribution in [1.29, 1.82) is 0 Å². The van der Waals surface area contributed by atoms with Crippen molar-refractivity contribution < 1.29 is 4.39 Å². The third-order valence-electron chi connectivity index (χ3n) is 4.39. The molecule has 1 aromatic rings. The number of halogens is 1. The maximum atomic E-state index is 13.2. The van der Waals surface area contributed by atoms with Gasteiger partial charge in [0.2, 0.25) is 0 Å². The summed E-state index contributed by atoms with van der Waals surface area (Å²) in [6.45, 7) is 6.67. The summed E-state index contributed by atoms with van der Waals surface area (Å²) >= 11 is 0. The molecule has 0 bridgehead atoms. The molecule has 3 heteroatoms. The van der Waals surface area contributed by atoms with Crippen molar-refractivity contribution in [3.05, 3.63) is 35.1 Å². The molecule has 1 aliphatic carbocycles. The first-order valence-corrected chi connectivity index (χ1v) is 7.80. The van der Waals surface area contributed by atoms with Crippen LogP contribution in [0.4, 0.5) is 4.39 Å². The smallest absolute Gasteiger partial charge is 0.123 e. The van der Waals surface area contributed by atoms with Gasteiger partial charge in [0.1, 0.15) is 5.82 Å². The molecule has 20 heavy (non-hydrogen) atoms. The average Bonchev–Trinajstić information content (AvgIpc) is 2.80. The molecule has 0 amide bonds. The lowest BCUT2D eigenvalue weighted by Gasteiger charge is -2.21. The van der Waals surface area contributed by atoms with Gasteiger partial charge in [-0.15, -0.1) is 0 Å². The highest BCUT2D eigenvalue weighted by atomic mass is 19.1. The zero-order chi connectivity index (χ0) is 14.5. The van der Waals surface area contributed by atoms with E-state index in [1.807, 2.05) is 6.07 Å². The van der Waals surface area contributed by atoms with E-state index in [0.29, 0.717) is 12.1 Å². The molecular formula is C17H27FN2. The van der Waals surface area contributed by atoms with Gasteiger partial charge >= 0.3 is 0 Å². The Hall–Kier alpha value is -0.930. The first-order valence-electron chi connectivity index (χ1n) is 7.80. The highest BCUT2D eigenvalue weighted by Crippen LogP contribution is 2.31. The summed E-state index contributed by atoms with van der Waals surface area (Å²) in [5, 5.41) is 3.62. The maximum absolute atomic E-state index is 13.2. The monoisotopic (exact) mass is 278 g/mol.